The lowest BCUT2D eigenvalue weighted by molar-refractivity contribution is 0.135. The van der Waals surface area contributed by atoms with Gasteiger partial charge in [0.2, 0.25) is 0 Å². The van der Waals surface area contributed by atoms with Gasteiger partial charge in [-0.15, -0.1) is 0 Å². The fraction of sp³-hybridized carbons (Fsp3) is 1.00. The maximum absolute atomic E-state index is 2.87. The fourth-order valence-electron chi connectivity index (χ4n) is 4.24. The van der Waals surface area contributed by atoms with Gasteiger partial charge in [0.1, 0.15) is 0 Å². The molecule has 4 atom stereocenters. The zero-order valence-corrected chi connectivity index (χ0v) is 8.71. The SMILES string of the molecule is C[C@@H]1C2CCCC2N2CCCC[C@@H]12. The predicted octanol–water partition coefficient (Wildman–Crippen LogP) is 2.66. The van der Waals surface area contributed by atoms with E-state index in [2.05, 4.69) is 11.8 Å². The Morgan fingerprint density at radius 2 is 1.77 bits per heavy atom. The molecule has 13 heavy (non-hydrogen) atoms. The second-order valence-electron chi connectivity index (χ2n) is 5.32. The molecule has 1 aliphatic carbocycles. The first kappa shape index (κ1) is 8.28. The van der Waals surface area contributed by atoms with Gasteiger partial charge in [0.15, 0.2) is 0 Å². The zero-order chi connectivity index (χ0) is 8.84. The van der Waals surface area contributed by atoms with Gasteiger partial charge < -0.3 is 0 Å². The quantitative estimate of drug-likeness (QED) is 0.552. The molecular formula is C12H21N. The average Bonchev–Trinajstić information content (AvgIpc) is 2.72. The third-order valence-corrected chi connectivity index (χ3v) is 4.83. The van der Waals surface area contributed by atoms with Gasteiger partial charge in [-0.2, -0.15) is 0 Å². The number of hydrogen-bond acceptors (Lipinski definition) is 1. The van der Waals surface area contributed by atoms with Crippen molar-refractivity contribution in [3.05, 3.63) is 0 Å². The van der Waals surface area contributed by atoms with Gasteiger partial charge in [0.25, 0.3) is 0 Å². The Kier molecular flexibility index (Phi) is 1.90. The normalized spacial score (nSPS) is 50.5. The molecule has 2 saturated heterocycles. The van der Waals surface area contributed by atoms with Gasteiger partial charge in [-0.3, -0.25) is 4.90 Å². The van der Waals surface area contributed by atoms with Gasteiger partial charge in [-0.05, 0) is 44.1 Å². The Hall–Kier alpha value is -0.0400. The van der Waals surface area contributed by atoms with Crippen molar-refractivity contribution in [3.63, 3.8) is 0 Å². The molecule has 0 aromatic heterocycles. The van der Waals surface area contributed by atoms with E-state index in [0.29, 0.717) is 0 Å². The Bertz CT molecular complexity index is 199. The Balaban J connectivity index is 1.85. The molecule has 0 spiro atoms. The van der Waals surface area contributed by atoms with Crippen molar-refractivity contribution >= 4 is 0 Å². The third kappa shape index (κ3) is 1.09. The van der Waals surface area contributed by atoms with Crippen LogP contribution in [0, 0.1) is 11.8 Å². The third-order valence-electron chi connectivity index (χ3n) is 4.83. The molecule has 1 saturated carbocycles. The Labute approximate surface area is 81.5 Å². The van der Waals surface area contributed by atoms with E-state index in [9.17, 15) is 0 Å². The Morgan fingerprint density at radius 1 is 0.923 bits per heavy atom. The molecule has 2 aliphatic heterocycles. The van der Waals surface area contributed by atoms with Crippen LogP contribution in [0.4, 0.5) is 0 Å². The van der Waals surface area contributed by atoms with Crippen molar-refractivity contribution in [2.45, 2.75) is 57.5 Å². The lowest BCUT2D eigenvalue weighted by Crippen LogP contribution is -2.40. The topological polar surface area (TPSA) is 3.24 Å². The summed E-state index contributed by atoms with van der Waals surface area (Å²) in [7, 11) is 0. The average molecular weight is 179 g/mol. The monoisotopic (exact) mass is 179 g/mol. The minimum absolute atomic E-state index is 0.976. The smallest absolute Gasteiger partial charge is 0.0130 e. The molecule has 3 fully saturated rings. The van der Waals surface area contributed by atoms with Crippen molar-refractivity contribution in [3.8, 4) is 0 Å². The fourth-order valence-corrected chi connectivity index (χ4v) is 4.24. The lowest BCUT2D eigenvalue weighted by atomic mass is 9.87. The number of piperidine rings is 1. The van der Waals surface area contributed by atoms with Crippen molar-refractivity contribution in [1.82, 2.24) is 4.90 Å². The highest BCUT2D eigenvalue weighted by molar-refractivity contribution is 5.02. The van der Waals surface area contributed by atoms with Crippen LogP contribution in [-0.4, -0.2) is 23.5 Å². The maximum atomic E-state index is 2.87. The molecule has 0 bridgehead atoms. The number of nitrogens with zero attached hydrogens (tertiary/aromatic N) is 1. The molecule has 74 valence electrons. The summed E-state index contributed by atoms with van der Waals surface area (Å²) in [5, 5.41) is 0. The van der Waals surface area contributed by atoms with E-state index in [4.69, 9.17) is 0 Å². The van der Waals surface area contributed by atoms with Crippen LogP contribution in [0.25, 0.3) is 0 Å². The van der Waals surface area contributed by atoms with E-state index in [1.165, 1.54) is 45.1 Å². The van der Waals surface area contributed by atoms with Crippen LogP contribution < -0.4 is 0 Å². The van der Waals surface area contributed by atoms with Gasteiger partial charge in [0.05, 0.1) is 0 Å². The van der Waals surface area contributed by atoms with E-state index in [1.54, 1.807) is 0 Å². The zero-order valence-electron chi connectivity index (χ0n) is 8.71. The van der Waals surface area contributed by atoms with Crippen LogP contribution in [0.3, 0.4) is 0 Å². The highest BCUT2D eigenvalue weighted by atomic mass is 15.2. The van der Waals surface area contributed by atoms with Crippen LogP contribution in [0.1, 0.15) is 45.4 Å². The summed E-state index contributed by atoms with van der Waals surface area (Å²) >= 11 is 0. The molecule has 0 N–H and O–H groups in total. The van der Waals surface area contributed by atoms with Crippen molar-refractivity contribution in [2.75, 3.05) is 6.54 Å². The van der Waals surface area contributed by atoms with Crippen LogP contribution in [0.15, 0.2) is 0 Å². The minimum atomic E-state index is 0.976. The highest BCUT2D eigenvalue weighted by Crippen LogP contribution is 2.47. The summed E-state index contributed by atoms with van der Waals surface area (Å²) in [6.45, 7) is 3.93. The van der Waals surface area contributed by atoms with Gasteiger partial charge in [-0.1, -0.05) is 19.8 Å². The molecule has 3 rings (SSSR count). The van der Waals surface area contributed by atoms with E-state index >= 15 is 0 Å². The Morgan fingerprint density at radius 3 is 2.69 bits per heavy atom. The van der Waals surface area contributed by atoms with Gasteiger partial charge in [0, 0.05) is 12.1 Å². The summed E-state index contributed by atoms with van der Waals surface area (Å²) in [4.78, 5) is 2.87. The molecule has 0 radical (unpaired) electrons. The molecule has 2 unspecified atom stereocenters. The molecule has 0 amide bonds. The van der Waals surface area contributed by atoms with E-state index in [1.807, 2.05) is 0 Å². The number of rotatable bonds is 0. The van der Waals surface area contributed by atoms with Crippen LogP contribution in [0.2, 0.25) is 0 Å². The first-order valence-corrected chi connectivity index (χ1v) is 6.13. The molecular weight excluding hydrogens is 158 g/mol. The second-order valence-corrected chi connectivity index (χ2v) is 5.32. The van der Waals surface area contributed by atoms with Crippen molar-refractivity contribution < 1.29 is 0 Å². The predicted molar refractivity (Wildman–Crippen MR) is 54.6 cm³/mol. The van der Waals surface area contributed by atoms with Crippen molar-refractivity contribution in [1.29, 1.82) is 0 Å². The van der Waals surface area contributed by atoms with E-state index in [-0.39, 0.29) is 0 Å². The molecule has 1 heteroatoms. The largest absolute Gasteiger partial charge is 0.297 e. The van der Waals surface area contributed by atoms with Crippen molar-refractivity contribution in [2.24, 2.45) is 11.8 Å². The summed E-state index contributed by atoms with van der Waals surface area (Å²) in [6.07, 6.45) is 8.98. The van der Waals surface area contributed by atoms with Gasteiger partial charge >= 0.3 is 0 Å². The summed E-state index contributed by atoms with van der Waals surface area (Å²) in [6, 6.07) is 1.98. The van der Waals surface area contributed by atoms with Crippen LogP contribution >= 0.6 is 0 Å². The summed E-state index contributed by atoms with van der Waals surface area (Å²) < 4.78 is 0. The maximum Gasteiger partial charge on any atom is 0.0130 e. The first-order valence-electron chi connectivity index (χ1n) is 6.13. The van der Waals surface area contributed by atoms with Crippen LogP contribution in [-0.2, 0) is 0 Å². The molecule has 2 heterocycles. The lowest BCUT2D eigenvalue weighted by Gasteiger charge is -2.34. The standard InChI is InChI=1S/C12H21N/c1-9-10-5-4-7-12(10)13-8-3-2-6-11(9)13/h9-12H,2-8H2,1H3/t9-,10?,11+,12?/m1/s1. The number of hydrogen-bond donors (Lipinski definition) is 0. The van der Waals surface area contributed by atoms with E-state index in [0.717, 1.165) is 23.9 Å². The molecule has 0 aromatic carbocycles. The molecule has 1 nitrogen and oxygen atoms in total. The minimum Gasteiger partial charge on any atom is -0.297 e. The van der Waals surface area contributed by atoms with E-state index < -0.39 is 0 Å². The molecule has 3 aliphatic rings. The van der Waals surface area contributed by atoms with Crippen LogP contribution in [0.5, 0.6) is 0 Å². The van der Waals surface area contributed by atoms with Gasteiger partial charge in [-0.25, -0.2) is 0 Å². The highest BCUT2D eigenvalue weighted by Gasteiger charge is 2.48. The second kappa shape index (κ2) is 2.98. The first-order chi connectivity index (χ1) is 6.38. The summed E-state index contributed by atoms with van der Waals surface area (Å²) in [5.41, 5.74) is 0. The summed E-state index contributed by atoms with van der Waals surface area (Å²) in [5.74, 6) is 2.08. The number of fused-ring (bicyclic) bond motifs is 3. The molecule has 0 aromatic rings.